The van der Waals surface area contributed by atoms with E-state index in [1.54, 1.807) is 0 Å². The van der Waals surface area contributed by atoms with Gasteiger partial charge in [0, 0.05) is 8.95 Å². The summed E-state index contributed by atoms with van der Waals surface area (Å²) in [5.74, 6) is 0. The molecule has 0 aromatic heterocycles. The van der Waals surface area contributed by atoms with E-state index < -0.39 is 0 Å². The van der Waals surface area contributed by atoms with Crippen LogP contribution in [0.1, 0.15) is 35.6 Å². The van der Waals surface area contributed by atoms with Crippen LogP contribution in [0.3, 0.4) is 0 Å². The van der Waals surface area contributed by atoms with Crippen molar-refractivity contribution in [1.82, 2.24) is 0 Å². The molecule has 1 aliphatic rings. The third-order valence-corrected chi connectivity index (χ3v) is 4.54. The van der Waals surface area contributed by atoms with Crippen molar-refractivity contribution >= 4 is 31.9 Å². The number of benzene rings is 1. The van der Waals surface area contributed by atoms with Crippen molar-refractivity contribution in [3.05, 3.63) is 31.7 Å². The Morgan fingerprint density at radius 2 is 2.14 bits per heavy atom. The molecule has 0 amide bonds. The van der Waals surface area contributed by atoms with Crippen molar-refractivity contribution in [3.8, 4) is 0 Å². The van der Waals surface area contributed by atoms with Crippen molar-refractivity contribution in [2.45, 2.75) is 32.3 Å². The first kappa shape index (κ1) is 10.7. The summed E-state index contributed by atoms with van der Waals surface area (Å²) >= 11 is 7.12. The molecule has 0 spiro atoms. The van der Waals surface area contributed by atoms with Gasteiger partial charge in [0.05, 0.1) is 6.10 Å². The van der Waals surface area contributed by atoms with Crippen LogP contribution in [-0.4, -0.2) is 5.11 Å². The zero-order valence-corrected chi connectivity index (χ0v) is 11.2. The summed E-state index contributed by atoms with van der Waals surface area (Å²) in [4.78, 5) is 0. The van der Waals surface area contributed by atoms with Crippen molar-refractivity contribution in [3.63, 3.8) is 0 Å². The van der Waals surface area contributed by atoms with E-state index in [1.165, 1.54) is 11.1 Å². The van der Waals surface area contributed by atoms with Crippen LogP contribution >= 0.6 is 31.9 Å². The minimum Gasteiger partial charge on any atom is -0.388 e. The molecule has 0 fully saturated rings. The maximum Gasteiger partial charge on any atom is 0.0804 e. The van der Waals surface area contributed by atoms with Crippen molar-refractivity contribution in [2.24, 2.45) is 0 Å². The number of aliphatic hydroxyl groups is 1. The van der Waals surface area contributed by atoms with E-state index in [0.717, 1.165) is 33.8 Å². The molecule has 0 saturated heterocycles. The van der Waals surface area contributed by atoms with E-state index in [1.807, 2.05) is 0 Å². The molecule has 1 nitrogen and oxygen atoms in total. The first-order valence-corrected chi connectivity index (χ1v) is 6.35. The maximum absolute atomic E-state index is 9.94. The topological polar surface area (TPSA) is 20.2 Å². The lowest BCUT2D eigenvalue weighted by molar-refractivity contribution is 0.155. The van der Waals surface area contributed by atoms with Crippen LogP contribution in [0.4, 0.5) is 0 Å². The second-order valence-corrected chi connectivity index (χ2v) is 5.44. The maximum atomic E-state index is 9.94. The summed E-state index contributed by atoms with van der Waals surface area (Å²) in [6.45, 7) is 2.05. The molecule has 3 heteroatoms. The number of aryl methyl sites for hydroxylation is 1. The molecule has 1 aromatic carbocycles. The van der Waals surface area contributed by atoms with E-state index in [9.17, 15) is 5.11 Å². The molecule has 1 N–H and O–H groups in total. The second-order valence-electron chi connectivity index (χ2n) is 3.79. The molecule has 14 heavy (non-hydrogen) atoms. The van der Waals surface area contributed by atoms with Gasteiger partial charge in [0.25, 0.3) is 0 Å². The van der Waals surface area contributed by atoms with Gasteiger partial charge in [-0.3, -0.25) is 0 Å². The van der Waals surface area contributed by atoms with Crippen LogP contribution < -0.4 is 0 Å². The molecule has 2 rings (SSSR count). The second kappa shape index (κ2) is 3.95. The highest BCUT2D eigenvalue weighted by molar-refractivity contribution is 9.11. The monoisotopic (exact) mass is 318 g/mol. The van der Waals surface area contributed by atoms with Crippen molar-refractivity contribution in [2.75, 3.05) is 0 Å². The standard InChI is InChI=1S/C11H12Br2O/c1-6-5-8(12)7-3-2-4-9(14)10(7)11(6)13/h5,9,14H,2-4H2,1H3/t9-/m1/s1. The largest absolute Gasteiger partial charge is 0.388 e. The SMILES string of the molecule is Cc1cc(Br)c2c(c1Br)[C@H](O)CCC2. The number of fused-ring (bicyclic) bond motifs is 1. The fourth-order valence-corrected chi connectivity index (χ4v) is 3.41. The minimum atomic E-state index is -0.302. The Hall–Kier alpha value is 0.140. The number of hydrogen-bond acceptors (Lipinski definition) is 1. The van der Waals surface area contributed by atoms with E-state index in [0.29, 0.717) is 0 Å². The molecule has 1 atom stereocenters. The van der Waals surface area contributed by atoms with Gasteiger partial charge < -0.3 is 5.11 Å². The highest BCUT2D eigenvalue weighted by atomic mass is 79.9. The molecule has 0 aliphatic heterocycles. The summed E-state index contributed by atoms with van der Waals surface area (Å²) in [6, 6.07) is 2.11. The summed E-state index contributed by atoms with van der Waals surface area (Å²) in [5, 5.41) is 9.94. The van der Waals surface area contributed by atoms with Crippen molar-refractivity contribution < 1.29 is 5.11 Å². The van der Waals surface area contributed by atoms with Gasteiger partial charge in [0.15, 0.2) is 0 Å². The average Bonchev–Trinajstić information content (AvgIpc) is 2.14. The molecule has 76 valence electrons. The Balaban J connectivity index is 2.67. The van der Waals surface area contributed by atoms with Gasteiger partial charge in [-0.1, -0.05) is 31.9 Å². The van der Waals surface area contributed by atoms with Gasteiger partial charge in [0.1, 0.15) is 0 Å². The van der Waals surface area contributed by atoms with Gasteiger partial charge in [0.2, 0.25) is 0 Å². The Labute approximate surface area is 101 Å². The van der Waals surface area contributed by atoms with E-state index >= 15 is 0 Å². The highest BCUT2D eigenvalue weighted by Crippen LogP contribution is 2.40. The normalized spacial score (nSPS) is 20.7. The molecule has 0 bridgehead atoms. The quantitative estimate of drug-likeness (QED) is 0.769. The van der Waals surface area contributed by atoms with E-state index in [2.05, 4.69) is 44.8 Å². The van der Waals surface area contributed by atoms with Crippen LogP contribution in [0, 0.1) is 6.92 Å². The molecule has 1 aliphatic carbocycles. The van der Waals surface area contributed by atoms with Crippen LogP contribution in [0.25, 0.3) is 0 Å². The lowest BCUT2D eigenvalue weighted by Crippen LogP contribution is -2.11. The molecule has 0 radical (unpaired) electrons. The zero-order valence-electron chi connectivity index (χ0n) is 7.98. The molecule has 0 saturated carbocycles. The lowest BCUT2D eigenvalue weighted by Gasteiger charge is -2.24. The number of rotatable bonds is 0. The van der Waals surface area contributed by atoms with Crippen LogP contribution in [0.5, 0.6) is 0 Å². The lowest BCUT2D eigenvalue weighted by atomic mass is 9.88. The fourth-order valence-electron chi connectivity index (χ4n) is 2.03. The Bertz CT molecular complexity index is 374. The number of hydrogen-bond donors (Lipinski definition) is 1. The van der Waals surface area contributed by atoms with Crippen molar-refractivity contribution in [1.29, 1.82) is 0 Å². The first-order valence-electron chi connectivity index (χ1n) is 4.76. The summed E-state index contributed by atoms with van der Waals surface area (Å²) in [6.07, 6.45) is 2.71. The van der Waals surface area contributed by atoms with Gasteiger partial charge in [-0.05, 0) is 48.9 Å². The van der Waals surface area contributed by atoms with Crippen LogP contribution in [0.15, 0.2) is 15.0 Å². The van der Waals surface area contributed by atoms with Gasteiger partial charge in [-0.2, -0.15) is 0 Å². The Kier molecular flexibility index (Phi) is 3.01. The summed E-state index contributed by atoms with van der Waals surface area (Å²) < 4.78 is 2.20. The van der Waals surface area contributed by atoms with Crippen LogP contribution in [0.2, 0.25) is 0 Å². The molecule has 0 unspecified atom stereocenters. The van der Waals surface area contributed by atoms with E-state index in [-0.39, 0.29) is 6.10 Å². The number of halogens is 2. The predicted octanol–water partition coefficient (Wildman–Crippen LogP) is 3.89. The Morgan fingerprint density at radius 1 is 1.43 bits per heavy atom. The fraction of sp³-hybridized carbons (Fsp3) is 0.455. The van der Waals surface area contributed by atoms with Gasteiger partial charge >= 0.3 is 0 Å². The molecular weight excluding hydrogens is 308 g/mol. The molecule has 0 heterocycles. The van der Waals surface area contributed by atoms with Gasteiger partial charge in [-0.15, -0.1) is 0 Å². The third kappa shape index (κ3) is 1.66. The molecular formula is C11H12Br2O. The summed E-state index contributed by atoms with van der Waals surface area (Å²) in [5.41, 5.74) is 3.53. The van der Waals surface area contributed by atoms with Crippen LogP contribution in [-0.2, 0) is 6.42 Å². The smallest absolute Gasteiger partial charge is 0.0804 e. The zero-order chi connectivity index (χ0) is 10.3. The predicted molar refractivity (Wildman–Crippen MR) is 64.5 cm³/mol. The average molecular weight is 320 g/mol. The first-order chi connectivity index (χ1) is 6.61. The third-order valence-electron chi connectivity index (χ3n) is 2.78. The Morgan fingerprint density at radius 3 is 2.86 bits per heavy atom. The highest BCUT2D eigenvalue weighted by Gasteiger charge is 2.23. The summed E-state index contributed by atoms with van der Waals surface area (Å²) in [7, 11) is 0. The number of aliphatic hydroxyl groups excluding tert-OH is 1. The van der Waals surface area contributed by atoms with E-state index in [4.69, 9.17) is 0 Å². The molecule has 1 aromatic rings. The van der Waals surface area contributed by atoms with Gasteiger partial charge in [-0.25, -0.2) is 0 Å². The minimum absolute atomic E-state index is 0.302.